The molecule has 0 saturated heterocycles. The van der Waals surface area contributed by atoms with Crippen molar-refractivity contribution in [2.24, 2.45) is 0 Å². The number of nitrogens with zero attached hydrogens (tertiary/aromatic N) is 2. The number of carbonyl (C=O) groups is 1. The summed E-state index contributed by atoms with van der Waals surface area (Å²) in [6, 6.07) is 8.03. The lowest BCUT2D eigenvalue weighted by Crippen LogP contribution is -2.17. The number of anilines is 1. The number of nitrogens with one attached hydrogen (secondary N) is 2. The van der Waals surface area contributed by atoms with Gasteiger partial charge in [0.25, 0.3) is 11.5 Å². The van der Waals surface area contributed by atoms with Gasteiger partial charge in [0.05, 0.1) is 19.9 Å². The molecule has 0 atom stereocenters. The van der Waals surface area contributed by atoms with Gasteiger partial charge in [0.15, 0.2) is 16.6 Å². The van der Waals surface area contributed by atoms with Crippen molar-refractivity contribution in [1.82, 2.24) is 15.2 Å². The van der Waals surface area contributed by atoms with Gasteiger partial charge in [-0.1, -0.05) is 0 Å². The average Bonchev–Trinajstić information content (AvgIpc) is 3.10. The number of amides is 1. The van der Waals surface area contributed by atoms with Crippen LogP contribution in [0.1, 0.15) is 10.5 Å². The van der Waals surface area contributed by atoms with Crippen LogP contribution in [0.5, 0.6) is 11.5 Å². The second-order valence-corrected chi connectivity index (χ2v) is 5.73. The molecule has 0 saturated carbocycles. The molecule has 2 heterocycles. The van der Waals surface area contributed by atoms with E-state index in [4.69, 9.17) is 9.47 Å². The van der Waals surface area contributed by atoms with Crippen LogP contribution >= 0.6 is 11.3 Å². The standard InChI is InChI=1S/C16H14N4O4S/c1-23-12-5-3-9(7-13(12)24-2)11-8-25-16(17-11)18-15(22)10-4-6-14(21)20-19-10/h3-8H,1-2H3,(H,20,21)(H,17,18,22). The van der Waals surface area contributed by atoms with Crippen molar-refractivity contribution in [3.8, 4) is 22.8 Å². The highest BCUT2D eigenvalue weighted by molar-refractivity contribution is 7.14. The van der Waals surface area contributed by atoms with E-state index >= 15 is 0 Å². The maximum Gasteiger partial charge on any atom is 0.277 e. The lowest BCUT2D eigenvalue weighted by molar-refractivity contribution is 0.102. The van der Waals surface area contributed by atoms with Gasteiger partial charge < -0.3 is 9.47 Å². The highest BCUT2D eigenvalue weighted by Gasteiger charge is 2.13. The molecule has 0 aliphatic rings. The zero-order valence-corrected chi connectivity index (χ0v) is 14.2. The van der Waals surface area contributed by atoms with Crippen molar-refractivity contribution in [1.29, 1.82) is 0 Å². The van der Waals surface area contributed by atoms with Gasteiger partial charge in [-0.15, -0.1) is 11.3 Å². The molecule has 0 spiro atoms. The van der Waals surface area contributed by atoms with Gasteiger partial charge in [0.1, 0.15) is 5.69 Å². The van der Waals surface area contributed by atoms with Crippen LogP contribution in [-0.4, -0.2) is 35.3 Å². The third-order valence-corrected chi connectivity index (χ3v) is 4.07. The van der Waals surface area contributed by atoms with E-state index in [9.17, 15) is 9.59 Å². The summed E-state index contributed by atoms with van der Waals surface area (Å²) in [6.07, 6.45) is 0. The van der Waals surface area contributed by atoms with E-state index in [-0.39, 0.29) is 11.3 Å². The first kappa shape index (κ1) is 16.7. The molecule has 25 heavy (non-hydrogen) atoms. The van der Waals surface area contributed by atoms with Crippen molar-refractivity contribution < 1.29 is 14.3 Å². The molecule has 1 aromatic carbocycles. The number of methoxy groups -OCH3 is 2. The third kappa shape index (κ3) is 3.66. The number of hydrogen-bond donors (Lipinski definition) is 2. The first-order valence-corrected chi connectivity index (χ1v) is 8.03. The van der Waals surface area contributed by atoms with Gasteiger partial charge in [0, 0.05) is 17.0 Å². The highest BCUT2D eigenvalue weighted by Crippen LogP contribution is 2.33. The quantitative estimate of drug-likeness (QED) is 0.724. The van der Waals surface area contributed by atoms with E-state index < -0.39 is 5.91 Å². The normalized spacial score (nSPS) is 10.3. The highest BCUT2D eigenvalue weighted by atomic mass is 32.1. The van der Waals surface area contributed by atoms with Crippen LogP contribution in [0.15, 0.2) is 40.5 Å². The van der Waals surface area contributed by atoms with E-state index in [0.717, 1.165) is 5.56 Å². The summed E-state index contributed by atoms with van der Waals surface area (Å²) in [7, 11) is 3.13. The zero-order valence-electron chi connectivity index (χ0n) is 13.4. The molecular formula is C16H14N4O4S. The molecule has 3 rings (SSSR count). The topological polar surface area (TPSA) is 106 Å². The number of aromatic nitrogens is 3. The van der Waals surface area contributed by atoms with Crippen molar-refractivity contribution in [3.05, 3.63) is 51.8 Å². The monoisotopic (exact) mass is 358 g/mol. The Morgan fingerprint density at radius 3 is 2.64 bits per heavy atom. The Morgan fingerprint density at radius 1 is 1.16 bits per heavy atom. The number of hydrogen-bond acceptors (Lipinski definition) is 7. The predicted octanol–water partition coefficient (Wildman–Crippen LogP) is 2.16. The molecule has 0 fully saturated rings. The van der Waals surface area contributed by atoms with Crippen molar-refractivity contribution in [2.45, 2.75) is 0 Å². The Hall–Kier alpha value is -3.20. The number of thiazole rings is 1. The SMILES string of the molecule is COc1ccc(-c2csc(NC(=O)c3ccc(=O)[nH]n3)n2)cc1OC. The molecule has 2 N–H and O–H groups in total. The van der Waals surface area contributed by atoms with Crippen LogP contribution in [0.25, 0.3) is 11.3 Å². The Morgan fingerprint density at radius 2 is 1.96 bits per heavy atom. The largest absolute Gasteiger partial charge is 0.493 e. The molecule has 0 aliphatic carbocycles. The van der Waals surface area contributed by atoms with Gasteiger partial charge in [-0.05, 0) is 24.3 Å². The summed E-state index contributed by atoms with van der Waals surface area (Å²) in [5.74, 6) is 0.764. The molecule has 3 aromatic rings. The molecule has 0 bridgehead atoms. The van der Waals surface area contributed by atoms with E-state index in [1.54, 1.807) is 20.3 Å². The smallest absolute Gasteiger partial charge is 0.277 e. The third-order valence-electron chi connectivity index (χ3n) is 3.32. The van der Waals surface area contributed by atoms with Gasteiger partial charge in [0.2, 0.25) is 0 Å². The van der Waals surface area contributed by atoms with Crippen LogP contribution in [0.3, 0.4) is 0 Å². The van der Waals surface area contributed by atoms with E-state index in [2.05, 4.69) is 20.5 Å². The van der Waals surface area contributed by atoms with Crippen LogP contribution in [0.4, 0.5) is 5.13 Å². The average molecular weight is 358 g/mol. The first-order chi connectivity index (χ1) is 12.1. The minimum Gasteiger partial charge on any atom is -0.493 e. The van der Waals surface area contributed by atoms with Crippen LogP contribution in [-0.2, 0) is 0 Å². The van der Waals surface area contributed by atoms with Crippen LogP contribution < -0.4 is 20.3 Å². The molecule has 128 valence electrons. The Kier molecular flexibility index (Phi) is 4.75. The molecule has 2 aromatic heterocycles. The summed E-state index contributed by atoms with van der Waals surface area (Å²) in [6.45, 7) is 0. The second-order valence-electron chi connectivity index (χ2n) is 4.87. The van der Waals surface area contributed by atoms with Gasteiger partial charge in [-0.3, -0.25) is 14.9 Å². The lowest BCUT2D eigenvalue weighted by atomic mass is 10.1. The second kappa shape index (κ2) is 7.14. The molecule has 9 heteroatoms. The van der Waals surface area contributed by atoms with E-state index in [1.807, 2.05) is 17.5 Å². The molecule has 0 radical (unpaired) electrons. The van der Waals surface area contributed by atoms with Crippen LogP contribution in [0, 0.1) is 0 Å². The van der Waals surface area contributed by atoms with Crippen LogP contribution in [0.2, 0.25) is 0 Å². The summed E-state index contributed by atoms with van der Waals surface area (Å²) < 4.78 is 10.5. The number of ether oxygens (including phenoxy) is 2. The summed E-state index contributed by atoms with van der Waals surface area (Å²) in [4.78, 5) is 27.5. The number of H-pyrrole nitrogens is 1. The van der Waals surface area contributed by atoms with Crippen molar-refractivity contribution in [2.75, 3.05) is 19.5 Å². The van der Waals surface area contributed by atoms with E-state index in [1.165, 1.54) is 23.5 Å². The minimum atomic E-state index is -0.454. The summed E-state index contributed by atoms with van der Waals surface area (Å²) in [5, 5.41) is 10.8. The lowest BCUT2D eigenvalue weighted by Gasteiger charge is -2.08. The van der Waals surface area contributed by atoms with E-state index in [0.29, 0.717) is 22.3 Å². The molecule has 0 unspecified atom stereocenters. The van der Waals surface area contributed by atoms with Gasteiger partial charge in [-0.25, -0.2) is 10.1 Å². The number of benzene rings is 1. The fraction of sp³-hybridized carbons (Fsp3) is 0.125. The Bertz CT molecular complexity index is 946. The zero-order chi connectivity index (χ0) is 17.8. The minimum absolute atomic E-state index is 0.0995. The molecule has 1 amide bonds. The molecule has 0 aliphatic heterocycles. The summed E-state index contributed by atoms with van der Waals surface area (Å²) >= 11 is 1.28. The molecular weight excluding hydrogens is 344 g/mol. The number of rotatable bonds is 5. The van der Waals surface area contributed by atoms with Crippen molar-refractivity contribution >= 4 is 22.4 Å². The summed E-state index contributed by atoms with van der Waals surface area (Å²) in [5.41, 5.74) is 1.25. The number of aromatic amines is 1. The fourth-order valence-electron chi connectivity index (χ4n) is 2.09. The maximum atomic E-state index is 12.1. The van der Waals surface area contributed by atoms with Gasteiger partial charge >= 0.3 is 0 Å². The number of carbonyl (C=O) groups excluding carboxylic acids is 1. The maximum absolute atomic E-state index is 12.1. The first-order valence-electron chi connectivity index (χ1n) is 7.15. The van der Waals surface area contributed by atoms with Gasteiger partial charge in [-0.2, -0.15) is 5.10 Å². The Labute approximate surface area is 146 Å². The fourth-order valence-corrected chi connectivity index (χ4v) is 2.81. The Balaban J connectivity index is 1.79. The molecule has 8 nitrogen and oxygen atoms in total. The predicted molar refractivity (Wildman–Crippen MR) is 93.5 cm³/mol. The van der Waals surface area contributed by atoms with Crippen molar-refractivity contribution in [3.63, 3.8) is 0 Å².